The standard InChI is InChI=1S/C12H9FO2S/c13-10-4-9(7-14)5-11(6-10)15-8-12-2-1-3-16-12/h1-7H,8H2. The van der Waals surface area contributed by atoms with Crippen molar-refractivity contribution in [2.24, 2.45) is 0 Å². The highest BCUT2D eigenvalue weighted by Crippen LogP contribution is 2.18. The van der Waals surface area contributed by atoms with Crippen LogP contribution in [0.1, 0.15) is 15.2 Å². The van der Waals surface area contributed by atoms with Crippen molar-refractivity contribution >= 4 is 17.6 Å². The number of carbonyl (C=O) groups is 1. The molecule has 1 aromatic heterocycles. The van der Waals surface area contributed by atoms with Gasteiger partial charge in [-0.1, -0.05) is 6.07 Å². The summed E-state index contributed by atoms with van der Waals surface area (Å²) >= 11 is 1.57. The van der Waals surface area contributed by atoms with Crippen LogP contribution >= 0.6 is 11.3 Å². The molecule has 0 amide bonds. The lowest BCUT2D eigenvalue weighted by molar-refractivity contribution is 0.112. The number of benzene rings is 1. The van der Waals surface area contributed by atoms with Crippen molar-refractivity contribution in [2.45, 2.75) is 6.61 Å². The van der Waals surface area contributed by atoms with Crippen molar-refractivity contribution in [3.63, 3.8) is 0 Å². The number of carbonyl (C=O) groups excluding carboxylic acids is 1. The molecule has 0 aliphatic rings. The smallest absolute Gasteiger partial charge is 0.150 e. The molecule has 1 heterocycles. The summed E-state index contributed by atoms with van der Waals surface area (Å²) < 4.78 is 18.4. The molecule has 0 aliphatic carbocycles. The predicted octanol–water partition coefficient (Wildman–Crippen LogP) is 3.28. The zero-order valence-corrected chi connectivity index (χ0v) is 9.17. The van der Waals surface area contributed by atoms with Crippen molar-refractivity contribution in [1.82, 2.24) is 0 Å². The summed E-state index contributed by atoms with van der Waals surface area (Å²) in [6, 6.07) is 7.81. The van der Waals surface area contributed by atoms with E-state index in [0.717, 1.165) is 4.88 Å². The molecule has 0 bridgehead atoms. The molecule has 2 aromatic rings. The van der Waals surface area contributed by atoms with Gasteiger partial charge in [0.05, 0.1) is 0 Å². The van der Waals surface area contributed by atoms with Gasteiger partial charge >= 0.3 is 0 Å². The van der Waals surface area contributed by atoms with Crippen LogP contribution in [0.15, 0.2) is 35.7 Å². The highest BCUT2D eigenvalue weighted by atomic mass is 32.1. The van der Waals surface area contributed by atoms with Crippen LogP contribution in [-0.2, 0) is 6.61 Å². The fourth-order valence-corrected chi connectivity index (χ4v) is 1.90. The van der Waals surface area contributed by atoms with Gasteiger partial charge in [0.25, 0.3) is 0 Å². The Morgan fingerprint density at radius 1 is 1.38 bits per heavy atom. The van der Waals surface area contributed by atoms with Crippen molar-refractivity contribution in [3.05, 3.63) is 52.0 Å². The average molecular weight is 236 g/mol. The SMILES string of the molecule is O=Cc1cc(F)cc(OCc2cccs2)c1. The van der Waals surface area contributed by atoms with E-state index in [2.05, 4.69) is 0 Å². The molecule has 0 unspecified atom stereocenters. The molecule has 0 aliphatic heterocycles. The quantitative estimate of drug-likeness (QED) is 0.761. The van der Waals surface area contributed by atoms with E-state index < -0.39 is 5.82 Å². The fourth-order valence-electron chi connectivity index (χ4n) is 1.28. The molecular formula is C12H9FO2S. The van der Waals surface area contributed by atoms with E-state index in [4.69, 9.17) is 4.74 Å². The third kappa shape index (κ3) is 2.67. The average Bonchev–Trinajstić information content (AvgIpc) is 2.78. The van der Waals surface area contributed by atoms with Gasteiger partial charge in [0.15, 0.2) is 0 Å². The molecule has 82 valence electrons. The molecule has 0 saturated carbocycles. The second-order valence-electron chi connectivity index (χ2n) is 3.21. The first-order chi connectivity index (χ1) is 7.78. The van der Waals surface area contributed by atoms with E-state index in [1.165, 1.54) is 18.2 Å². The molecule has 0 N–H and O–H groups in total. The van der Waals surface area contributed by atoms with Gasteiger partial charge < -0.3 is 4.74 Å². The van der Waals surface area contributed by atoms with E-state index in [9.17, 15) is 9.18 Å². The molecule has 2 rings (SSSR count). The normalized spacial score (nSPS) is 10.1. The van der Waals surface area contributed by atoms with Crippen molar-refractivity contribution in [2.75, 3.05) is 0 Å². The summed E-state index contributed by atoms with van der Waals surface area (Å²) in [4.78, 5) is 11.6. The molecule has 4 heteroatoms. The zero-order valence-electron chi connectivity index (χ0n) is 8.35. The van der Waals surface area contributed by atoms with Crippen LogP contribution in [0.5, 0.6) is 5.75 Å². The molecule has 0 fully saturated rings. The van der Waals surface area contributed by atoms with Gasteiger partial charge in [0, 0.05) is 16.5 Å². The molecule has 16 heavy (non-hydrogen) atoms. The lowest BCUT2D eigenvalue weighted by Gasteiger charge is -2.05. The Bertz CT molecular complexity index is 480. The minimum Gasteiger partial charge on any atom is -0.488 e. The van der Waals surface area contributed by atoms with Gasteiger partial charge in [-0.05, 0) is 23.6 Å². The Kier molecular flexibility index (Phi) is 3.31. The fraction of sp³-hybridized carbons (Fsp3) is 0.0833. The van der Waals surface area contributed by atoms with Gasteiger partial charge in [-0.3, -0.25) is 4.79 Å². The highest BCUT2D eigenvalue weighted by molar-refractivity contribution is 7.09. The zero-order chi connectivity index (χ0) is 11.4. The lowest BCUT2D eigenvalue weighted by atomic mass is 10.2. The molecule has 0 spiro atoms. The summed E-state index contributed by atoms with van der Waals surface area (Å²) in [5, 5.41) is 1.95. The first-order valence-corrected chi connectivity index (χ1v) is 5.57. The van der Waals surface area contributed by atoms with Crippen molar-refractivity contribution in [1.29, 1.82) is 0 Å². The number of aldehydes is 1. The van der Waals surface area contributed by atoms with Gasteiger partial charge in [-0.25, -0.2) is 4.39 Å². The van der Waals surface area contributed by atoms with Crippen LogP contribution in [0.25, 0.3) is 0 Å². The molecule has 0 radical (unpaired) electrons. The lowest BCUT2D eigenvalue weighted by Crippen LogP contribution is -1.94. The number of ether oxygens (including phenoxy) is 1. The number of thiophene rings is 1. The summed E-state index contributed by atoms with van der Waals surface area (Å²) in [5.74, 6) is -0.0960. The second kappa shape index (κ2) is 4.90. The van der Waals surface area contributed by atoms with Gasteiger partial charge in [-0.2, -0.15) is 0 Å². The topological polar surface area (TPSA) is 26.3 Å². The van der Waals surface area contributed by atoms with Crippen molar-refractivity contribution < 1.29 is 13.9 Å². The maximum Gasteiger partial charge on any atom is 0.150 e. The van der Waals surface area contributed by atoms with Crippen LogP contribution in [0.4, 0.5) is 4.39 Å². The van der Waals surface area contributed by atoms with Gasteiger partial charge in [-0.15, -0.1) is 11.3 Å². The predicted molar refractivity (Wildman–Crippen MR) is 60.4 cm³/mol. The molecule has 0 saturated heterocycles. The summed E-state index contributed by atoms with van der Waals surface area (Å²) in [5.41, 5.74) is 0.279. The number of hydrogen-bond donors (Lipinski definition) is 0. The van der Waals surface area contributed by atoms with Crippen LogP contribution in [0.2, 0.25) is 0 Å². The monoisotopic (exact) mass is 236 g/mol. The Balaban J connectivity index is 2.09. The van der Waals surface area contributed by atoms with Crippen LogP contribution in [0, 0.1) is 5.82 Å². The summed E-state index contributed by atoms with van der Waals surface area (Å²) in [6.07, 6.45) is 0.598. The minimum atomic E-state index is -0.467. The number of halogens is 1. The third-order valence-corrected chi connectivity index (χ3v) is 2.84. The van der Waals surface area contributed by atoms with E-state index in [0.29, 0.717) is 18.6 Å². The largest absolute Gasteiger partial charge is 0.488 e. The summed E-state index contributed by atoms with van der Waals surface area (Å²) in [7, 11) is 0. The van der Waals surface area contributed by atoms with E-state index in [1.54, 1.807) is 11.3 Å². The highest BCUT2D eigenvalue weighted by Gasteiger charge is 2.02. The van der Waals surface area contributed by atoms with E-state index in [-0.39, 0.29) is 5.56 Å². The molecular weight excluding hydrogens is 227 g/mol. The first-order valence-electron chi connectivity index (χ1n) is 4.69. The van der Waals surface area contributed by atoms with E-state index >= 15 is 0 Å². The molecule has 2 nitrogen and oxygen atoms in total. The van der Waals surface area contributed by atoms with Crippen molar-refractivity contribution in [3.8, 4) is 5.75 Å². The van der Waals surface area contributed by atoms with Crippen LogP contribution in [-0.4, -0.2) is 6.29 Å². The Hall–Kier alpha value is -1.68. The maximum absolute atomic E-state index is 13.0. The first kappa shape index (κ1) is 10.8. The minimum absolute atomic E-state index is 0.279. The third-order valence-electron chi connectivity index (χ3n) is 1.99. The molecule has 1 aromatic carbocycles. The maximum atomic E-state index is 13.0. The number of hydrogen-bond acceptors (Lipinski definition) is 3. The Morgan fingerprint density at radius 3 is 2.94 bits per heavy atom. The van der Waals surface area contributed by atoms with E-state index in [1.807, 2.05) is 17.5 Å². The molecule has 0 atom stereocenters. The summed E-state index contributed by atoms with van der Waals surface area (Å²) in [6.45, 7) is 0.388. The second-order valence-corrected chi connectivity index (χ2v) is 4.24. The Morgan fingerprint density at radius 2 is 2.25 bits per heavy atom. The van der Waals surface area contributed by atoms with Gasteiger partial charge in [0.1, 0.15) is 24.5 Å². The van der Waals surface area contributed by atoms with Crippen LogP contribution in [0.3, 0.4) is 0 Å². The van der Waals surface area contributed by atoms with Crippen LogP contribution < -0.4 is 4.74 Å². The van der Waals surface area contributed by atoms with Gasteiger partial charge in [0.2, 0.25) is 0 Å². The number of rotatable bonds is 4. The Labute approximate surface area is 96.3 Å².